The number of benzene rings is 3. The van der Waals surface area contributed by atoms with Crippen molar-refractivity contribution in [2.24, 2.45) is 0 Å². The van der Waals surface area contributed by atoms with E-state index >= 15 is 0 Å². The third-order valence-corrected chi connectivity index (χ3v) is 4.52. The molecule has 6 nitrogen and oxygen atoms in total. The maximum Gasteiger partial charge on any atom is 0.273 e. The van der Waals surface area contributed by atoms with Crippen LogP contribution < -0.4 is 14.8 Å². The van der Waals surface area contributed by atoms with Crippen LogP contribution in [-0.4, -0.2) is 22.9 Å². The molecule has 0 spiro atoms. The van der Waals surface area contributed by atoms with Gasteiger partial charge in [0.05, 0.1) is 5.69 Å². The Bertz CT molecular complexity index is 1160. The summed E-state index contributed by atoms with van der Waals surface area (Å²) in [6.07, 6.45) is 0. The van der Waals surface area contributed by atoms with Crippen LogP contribution in [0.5, 0.6) is 11.5 Å². The molecule has 0 aliphatic carbocycles. The Labute approximate surface area is 154 Å². The fraction of sp³-hybridized carbons (Fsp3) is 0.0476. The lowest BCUT2D eigenvalue weighted by Crippen LogP contribution is -2.12. The van der Waals surface area contributed by atoms with E-state index < -0.39 is 0 Å². The number of carbonyl (C=O) groups is 1. The number of aromatic amines is 1. The maximum absolute atomic E-state index is 12.6. The third-order valence-electron chi connectivity index (χ3n) is 4.52. The van der Waals surface area contributed by atoms with E-state index in [1.807, 2.05) is 30.3 Å². The van der Waals surface area contributed by atoms with E-state index in [1.165, 1.54) is 0 Å². The van der Waals surface area contributed by atoms with E-state index in [4.69, 9.17) is 9.47 Å². The number of ether oxygens (including phenoxy) is 2. The van der Waals surface area contributed by atoms with Crippen molar-refractivity contribution in [3.63, 3.8) is 0 Å². The van der Waals surface area contributed by atoms with Crippen LogP contribution in [0.1, 0.15) is 10.5 Å². The summed E-state index contributed by atoms with van der Waals surface area (Å²) in [5.41, 5.74) is 2.72. The van der Waals surface area contributed by atoms with Gasteiger partial charge in [-0.2, -0.15) is 5.10 Å². The maximum atomic E-state index is 12.6. The van der Waals surface area contributed by atoms with Gasteiger partial charge in [0.1, 0.15) is 5.69 Å². The number of carbonyl (C=O) groups excluding carboxylic acids is 1. The van der Waals surface area contributed by atoms with Crippen molar-refractivity contribution in [3.8, 4) is 22.8 Å². The Hall–Kier alpha value is -3.80. The van der Waals surface area contributed by atoms with Crippen molar-refractivity contribution in [1.82, 2.24) is 10.2 Å². The minimum absolute atomic E-state index is 0.196. The van der Waals surface area contributed by atoms with E-state index in [-0.39, 0.29) is 12.7 Å². The van der Waals surface area contributed by atoms with Gasteiger partial charge in [0.25, 0.3) is 5.91 Å². The summed E-state index contributed by atoms with van der Waals surface area (Å²) in [5.74, 6) is 1.02. The van der Waals surface area contributed by atoms with E-state index in [2.05, 4.69) is 27.6 Å². The molecular formula is C21H15N3O3. The number of H-pyrrole nitrogens is 1. The molecule has 0 saturated carbocycles. The minimum Gasteiger partial charge on any atom is -0.454 e. The molecule has 1 aliphatic heterocycles. The number of nitrogens with one attached hydrogen (secondary N) is 2. The molecule has 6 heteroatoms. The van der Waals surface area contributed by atoms with Crippen LogP contribution in [0, 0.1) is 0 Å². The molecule has 0 fully saturated rings. The van der Waals surface area contributed by atoms with Gasteiger partial charge < -0.3 is 14.8 Å². The molecule has 0 atom stereocenters. The van der Waals surface area contributed by atoms with Crippen molar-refractivity contribution in [2.75, 3.05) is 12.1 Å². The van der Waals surface area contributed by atoms with Gasteiger partial charge in [-0.15, -0.1) is 0 Å². The summed E-state index contributed by atoms with van der Waals surface area (Å²) in [6.45, 7) is 0.196. The highest BCUT2D eigenvalue weighted by Gasteiger charge is 2.16. The molecule has 4 aromatic rings. The molecule has 5 rings (SSSR count). The van der Waals surface area contributed by atoms with E-state index in [1.54, 1.807) is 24.3 Å². The normalized spacial score (nSPS) is 12.3. The first-order valence-electron chi connectivity index (χ1n) is 8.52. The molecule has 2 N–H and O–H groups in total. The molecular weight excluding hydrogens is 342 g/mol. The molecule has 0 radical (unpaired) electrons. The average Bonchev–Trinajstić information content (AvgIpc) is 3.37. The Kier molecular flexibility index (Phi) is 3.53. The summed E-state index contributed by atoms with van der Waals surface area (Å²) in [6, 6.07) is 21.2. The molecule has 0 saturated heterocycles. The van der Waals surface area contributed by atoms with Crippen molar-refractivity contribution < 1.29 is 14.3 Å². The topological polar surface area (TPSA) is 76.2 Å². The molecule has 2 heterocycles. The molecule has 1 amide bonds. The first-order chi connectivity index (χ1) is 13.3. The molecule has 132 valence electrons. The van der Waals surface area contributed by atoms with Gasteiger partial charge in [-0.3, -0.25) is 9.89 Å². The van der Waals surface area contributed by atoms with Crippen LogP contribution in [0.4, 0.5) is 5.69 Å². The molecule has 1 aromatic heterocycles. The largest absolute Gasteiger partial charge is 0.454 e. The number of aromatic nitrogens is 2. The van der Waals surface area contributed by atoms with Crippen LogP contribution in [0.3, 0.4) is 0 Å². The third kappa shape index (κ3) is 2.77. The lowest BCUT2D eigenvalue weighted by atomic mass is 10.0. The first kappa shape index (κ1) is 15.5. The average molecular weight is 357 g/mol. The summed E-state index contributed by atoms with van der Waals surface area (Å²) in [5, 5.41) is 12.2. The second kappa shape index (κ2) is 6.17. The number of anilines is 1. The predicted molar refractivity (Wildman–Crippen MR) is 102 cm³/mol. The molecule has 27 heavy (non-hydrogen) atoms. The summed E-state index contributed by atoms with van der Waals surface area (Å²) >= 11 is 0. The quantitative estimate of drug-likeness (QED) is 0.576. The lowest BCUT2D eigenvalue weighted by molar-refractivity contribution is 0.102. The first-order valence-corrected chi connectivity index (χ1v) is 8.52. The Morgan fingerprint density at radius 2 is 1.81 bits per heavy atom. The lowest BCUT2D eigenvalue weighted by Gasteiger charge is -2.04. The van der Waals surface area contributed by atoms with Crippen molar-refractivity contribution >= 4 is 22.4 Å². The van der Waals surface area contributed by atoms with Gasteiger partial charge in [0, 0.05) is 17.3 Å². The number of nitrogens with zero attached hydrogens (tertiary/aromatic N) is 1. The minimum atomic E-state index is -0.271. The summed E-state index contributed by atoms with van der Waals surface area (Å²) in [4.78, 5) is 12.6. The second-order valence-corrected chi connectivity index (χ2v) is 6.22. The zero-order valence-corrected chi connectivity index (χ0v) is 14.2. The smallest absolute Gasteiger partial charge is 0.273 e. The van der Waals surface area contributed by atoms with Crippen LogP contribution in [-0.2, 0) is 0 Å². The van der Waals surface area contributed by atoms with E-state index in [9.17, 15) is 4.79 Å². The van der Waals surface area contributed by atoms with Crippen LogP contribution in [0.2, 0.25) is 0 Å². The van der Waals surface area contributed by atoms with E-state index in [0.29, 0.717) is 22.9 Å². The van der Waals surface area contributed by atoms with Crippen molar-refractivity contribution in [3.05, 3.63) is 72.4 Å². The number of hydrogen-bond donors (Lipinski definition) is 2. The molecule has 0 bridgehead atoms. The number of amides is 1. The summed E-state index contributed by atoms with van der Waals surface area (Å²) < 4.78 is 10.6. The highest BCUT2D eigenvalue weighted by molar-refractivity contribution is 6.04. The van der Waals surface area contributed by atoms with Gasteiger partial charge in [0.2, 0.25) is 6.79 Å². The zero-order valence-electron chi connectivity index (χ0n) is 14.2. The molecule has 3 aromatic carbocycles. The van der Waals surface area contributed by atoms with Gasteiger partial charge >= 0.3 is 0 Å². The van der Waals surface area contributed by atoms with E-state index in [0.717, 1.165) is 22.0 Å². The molecule has 0 unspecified atom stereocenters. The Morgan fingerprint density at radius 3 is 2.78 bits per heavy atom. The van der Waals surface area contributed by atoms with Crippen molar-refractivity contribution in [2.45, 2.75) is 0 Å². The van der Waals surface area contributed by atoms with Gasteiger partial charge in [-0.1, -0.05) is 42.5 Å². The highest BCUT2D eigenvalue weighted by Crippen LogP contribution is 2.34. The number of hydrogen-bond acceptors (Lipinski definition) is 4. The van der Waals surface area contributed by atoms with Crippen LogP contribution in [0.15, 0.2) is 66.7 Å². The van der Waals surface area contributed by atoms with Gasteiger partial charge in [-0.25, -0.2) is 0 Å². The summed E-state index contributed by atoms with van der Waals surface area (Å²) in [7, 11) is 0. The van der Waals surface area contributed by atoms with Gasteiger partial charge in [-0.05, 0) is 29.0 Å². The molecule has 1 aliphatic rings. The van der Waals surface area contributed by atoms with Crippen LogP contribution in [0.25, 0.3) is 22.0 Å². The Balaban J connectivity index is 1.42. The SMILES string of the molecule is O=C(Nc1ccc2c(c1)OCO2)c1cc(-c2cccc3ccccc23)n[nH]1. The second-order valence-electron chi connectivity index (χ2n) is 6.22. The number of rotatable bonds is 3. The fourth-order valence-electron chi connectivity index (χ4n) is 3.20. The van der Waals surface area contributed by atoms with Crippen molar-refractivity contribution in [1.29, 1.82) is 0 Å². The number of fused-ring (bicyclic) bond motifs is 2. The van der Waals surface area contributed by atoms with Crippen LogP contribution >= 0.6 is 0 Å². The highest BCUT2D eigenvalue weighted by atomic mass is 16.7. The Morgan fingerprint density at radius 1 is 0.963 bits per heavy atom. The predicted octanol–water partition coefficient (Wildman–Crippen LogP) is 4.21. The standard InChI is InChI=1S/C21H15N3O3/c25-21(22-14-8-9-19-20(10-14)27-12-26-19)18-11-17(23-24-18)16-7-3-5-13-4-1-2-6-15(13)16/h1-11H,12H2,(H,22,25)(H,23,24). The monoisotopic (exact) mass is 357 g/mol. The van der Waals surface area contributed by atoms with Gasteiger partial charge in [0.15, 0.2) is 11.5 Å². The zero-order chi connectivity index (χ0) is 18.2. The fourth-order valence-corrected chi connectivity index (χ4v) is 3.20.